The molecular weight excluding hydrogens is 330 g/mol. The van der Waals surface area contributed by atoms with E-state index in [0.29, 0.717) is 26.1 Å². The Morgan fingerprint density at radius 2 is 2.00 bits per heavy atom. The number of carbonyl (C=O) groups is 2. The van der Waals surface area contributed by atoms with Crippen molar-refractivity contribution in [2.24, 2.45) is 0 Å². The van der Waals surface area contributed by atoms with Crippen LogP contribution in [-0.2, 0) is 19.0 Å². The van der Waals surface area contributed by atoms with E-state index in [1.165, 1.54) is 0 Å². The molecule has 2 aliphatic rings. The number of urea groups is 1. The highest BCUT2D eigenvalue weighted by molar-refractivity contribution is 5.76. The van der Waals surface area contributed by atoms with Crippen molar-refractivity contribution in [2.75, 3.05) is 33.4 Å². The van der Waals surface area contributed by atoms with Crippen molar-refractivity contribution in [1.82, 2.24) is 16.0 Å². The summed E-state index contributed by atoms with van der Waals surface area (Å²) in [7, 11) is 1.56. The van der Waals surface area contributed by atoms with E-state index in [-0.39, 0.29) is 37.1 Å². The van der Waals surface area contributed by atoms with Crippen molar-refractivity contribution in [2.45, 2.75) is 56.7 Å². The van der Waals surface area contributed by atoms with E-state index < -0.39 is 18.3 Å². The van der Waals surface area contributed by atoms with Crippen LogP contribution in [0.15, 0.2) is 0 Å². The number of hydrogen-bond donors (Lipinski definition) is 4. The summed E-state index contributed by atoms with van der Waals surface area (Å²) in [6, 6.07) is -0.337. The number of carbonyl (C=O) groups excluding carboxylic acids is 2. The fraction of sp³-hybridized carbons (Fsp3) is 0.875. The van der Waals surface area contributed by atoms with Gasteiger partial charge in [0.2, 0.25) is 5.91 Å². The fourth-order valence-electron chi connectivity index (χ4n) is 3.07. The van der Waals surface area contributed by atoms with Crippen LogP contribution in [-0.4, -0.2) is 80.9 Å². The molecule has 144 valence electrons. The maximum Gasteiger partial charge on any atom is 0.314 e. The van der Waals surface area contributed by atoms with Crippen molar-refractivity contribution in [3.05, 3.63) is 0 Å². The van der Waals surface area contributed by atoms with E-state index in [9.17, 15) is 14.7 Å². The zero-order chi connectivity index (χ0) is 18.2. The van der Waals surface area contributed by atoms with Crippen LogP contribution in [0.1, 0.15) is 26.2 Å². The Labute approximate surface area is 147 Å². The van der Waals surface area contributed by atoms with Crippen LogP contribution in [0.2, 0.25) is 0 Å². The average molecular weight is 359 g/mol. The van der Waals surface area contributed by atoms with E-state index >= 15 is 0 Å². The molecule has 3 amide bonds. The molecule has 9 heteroatoms. The van der Waals surface area contributed by atoms with Gasteiger partial charge < -0.3 is 35.3 Å². The number of aliphatic hydroxyl groups is 1. The molecular formula is C16H29N3O6. The standard InChI is InChI=1S/C16H29N3O6/c1-3-4-17-13(20)8-10-7-11-15(24-10)14(21)12(25-11)9-19-16(22)18-5-6-23-2/h10-12,14-15,21H,3-9H2,1-2H3,(H,17,20)(H2,18,19,22)/t10-,11+,12+,14+,15-/m0/s1. The number of hydrogen-bond acceptors (Lipinski definition) is 6. The second-order valence-electron chi connectivity index (χ2n) is 6.35. The predicted octanol–water partition coefficient (Wildman–Crippen LogP) is -0.866. The van der Waals surface area contributed by atoms with Gasteiger partial charge in [0, 0.05) is 33.2 Å². The monoisotopic (exact) mass is 359 g/mol. The maximum atomic E-state index is 11.8. The summed E-state index contributed by atoms with van der Waals surface area (Å²) in [4.78, 5) is 23.3. The molecule has 4 N–H and O–H groups in total. The fourth-order valence-corrected chi connectivity index (χ4v) is 3.07. The second kappa shape index (κ2) is 9.91. The Balaban J connectivity index is 1.69. The number of ether oxygens (including phenoxy) is 3. The SMILES string of the molecule is CCCNC(=O)C[C@@H]1C[C@H]2O[C@H](CNC(=O)NCCOC)[C@@H](O)[C@H]2O1. The first-order valence-electron chi connectivity index (χ1n) is 8.81. The maximum absolute atomic E-state index is 11.8. The Hall–Kier alpha value is -1.42. The molecule has 0 aliphatic carbocycles. The van der Waals surface area contributed by atoms with Gasteiger partial charge in [0.1, 0.15) is 18.3 Å². The Morgan fingerprint density at radius 3 is 2.68 bits per heavy atom. The molecule has 5 atom stereocenters. The minimum absolute atomic E-state index is 0.0488. The molecule has 0 bridgehead atoms. The lowest BCUT2D eigenvalue weighted by atomic mass is 10.1. The quantitative estimate of drug-likeness (QED) is 0.398. The van der Waals surface area contributed by atoms with Gasteiger partial charge in [-0.25, -0.2) is 4.79 Å². The molecule has 9 nitrogen and oxygen atoms in total. The Morgan fingerprint density at radius 1 is 1.20 bits per heavy atom. The van der Waals surface area contributed by atoms with Crippen LogP contribution < -0.4 is 16.0 Å². The number of methoxy groups -OCH3 is 1. The molecule has 0 aromatic rings. The second-order valence-corrected chi connectivity index (χ2v) is 6.35. The molecule has 2 rings (SSSR count). The smallest absolute Gasteiger partial charge is 0.314 e. The van der Waals surface area contributed by atoms with Gasteiger partial charge in [-0.2, -0.15) is 0 Å². The molecule has 2 fully saturated rings. The molecule has 25 heavy (non-hydrogen) atoms. The molecule has 2 aliphatic heterocycles. The summed E-state index contributed by atoms with van der Waals surface area (Å²) < 4.78 is 16.4. The van der Waals surface area contributed by atoms with E-state index in [2.05, 4.69) is 16.0 Å². The van der Waals surface area contributed by atoms with Gasteiger partial charge in [0.15, 0.2) is 0 Å². The molecule has 0 unspecified atom stereocenters. The zero-order valence-corrected chi connectivity index (χ0v) is 14.8. The lowest BCUT2D eigenvalue weighted by Crippen LogP contribution is -2.44. The van der Waals surface area contributed by atoms with Crippen LogP contribution in [0, 0.1) is 0 Å². The van der Waals surface area contributed by atoms with Crippen molar-refractivity contribution in [3.63, 3.8) is 0 Å². The topological polar surface area (TPSA) is 118 Å². The van der Waals surface area contributed by atoms with Gasteiger partial charge in [-0.1, -0.05) is 6.92 Å². The van der Waals surface area contributed by atoms with Crippen LogP contribution in [0.5, 0.6) is 0 Å². The first-order valence-corrected chi connectivity index (χ1v) is 8.81. The predicted molar refractivity (Wildman–Crippen MR) is 89.1 cm³/mol. The third kappa shape index (κ3) is 5.81. The normalized spacial score (nSPS) is 30.8. The van der Waals surface area contributed by atoms with E-state index in [0.717, 1.165) is 6.42 Å². The Kier molecular flexibility index (Phi) is 7.89. The van der Waals surface area contributed by atoms with Crippen LogP contribution in [0.4, 0.5) is 4.79 Å². The van der Waals surface area contributed by atoms with E-state index in [1.807, 2.05) is 6.92 Å². The number of nitrogens with one attached hydrogen (secondary N) is 3. The van der Waals surface area contributed by atoms with Gasteiger partial charge in [0.25, 0.3) is 0 Å². The van der Waals surface area contributed by atoms with Crippen molar-refractivity contribution in [1.29, 1.82) is 0 Å². The molecule has 2 saturated heterocycles. The summed E-state index contributed by atoms with van der Waals surface area (Å²) in [5, 5.41) is 18.4. The van der Waals surface area contributed by atoms with Gasteiger partial charge in [-0.05, 0) is 6.42 Å². The van der Waals surface area contributed by atoms with Crippen LogP contribution in [0.25, 0.3) is 0 Å². The van der Waals surface area contributed by atoms with Crippen molar-refractivity contribution in [3.8, 4) is 0 Å². The number of fused-ring (bicyclic) bond motifs is 1. The number of amides is 3. The zero-order valence-electron chi connectivity index (χ0n) is 14.8. The van der Waals surface area contributed by atoms with Crippen molar-refractivity contribution >= 4 is 11.9 Å². The molecule has 0 aromatic carbocycles. The van der Waals surface area contributed by atoms with Gasteiger partial charge in [0.05, 0.1) is 25.2 Å². The first-order chi connectivity index (χ1) is 12.0. The van der Waals surface area contributed by atoms with Gasteiger partial charge in [-0.3, -0.25) is 4.79 Å². The highest BCUT2D eigenvalue weighted by atomic mass is 16.6. The van der Waals surface area contributed by atoms with E-state index in [4.69, 9.17) is 14.2 Å². The summed E-state index contributed by atoms with van der Waals surface area (Å²) in [6.45, 7) is 3.68. The minimum Gasteiger partial charge on any atom is -0.388 e. The summed E-state index contributed by atoms with van der Waals surface area (Å²) in [6.07, 6.45) is -0.558. The highest BCUT2D eigenvalue weighted by Crippen LogP contribution is 2.35. The van der Waals surface area contributed by atoms with Crippen LogP contribution >= 0.6 is 0 Å². The van der Waals surface area contributed by atoms with Crippen LogP contribution in [0.3, 0.4) is 0 Å². The largest absolute Gasteiger partial charge is 0.388 e. The molecule has 0 radical (unpaired) electrons. The lowest BCUT2D eigenvalue weighted by Gasteiger charge is -2.20. The summed E-state index contributed by atoms with van der Waals surface area (Å²) in [5.74, 6) is -0.0488. The van der Waals surface area contributed by atoms with Gasteiger partial charge in [-0.15, -0.1) is 0 Å². The molecule has 0 spiro atoms. The van der Waals surface area contributed by atoms with E-state index in [1.54, 1.807) is 7.11 Å². The molecule has 2 heterocycles. The summed E-state index contributed by atoms with van der Waals surface area (Å²) >= 11 is 0. The third-order valence-electron chi connectivity index (χ3n) is 4.32. The number of rotatable bonds is 9. The number of aliphatic hydroxyl groups excluding tert-OH is 1. The van der Waals surface area contributed by atoms with Crippen molar-refractivity contribution < 1.29 is 28.9 Å². The minimum atomic E-state index is -0.826. The highest BCUT2D eigenvalue weighted by Gasteiger charge is 2.50. The average Bonchev–Trinajstić information content (AvgIpc) is 3.10. The lowest BCUT2D eigenvalue weighted by molar-refractivity contribution is -0.124. The molecule has 0 aromatic heterocycles. The Bertz CT molecular complexity index is 450. The summed E-state index contributed by atoms with van der Waals surface area (Å²) in [5.41, 5.74) is 0. The molecule has 0 saturated carbocycles. The third-order valence-corrected chi connectivity index (χ3v) is 4.32. The van der Waals surface area contributed by atoms with Gasteiger partial charge >= 0.3 is 6.03 Å². The first kappa shape index (κ1) is 19.9.